The number of benzene rings is 1. The third kappa shape index (κ3) is 3.71. The number of hydrogen-bond acceptors (Lipinski definition) is 7. The van der Waals surface area contributed by atoms with Crippen LogP contribution in [0, 0.1) is 10.1 Å². The third-order valence-electron chi connectivity index (χ3n) is 2.97. The SMILES string of the molecule is COCCN1C(=O)S/C(=C/c2cc([N+](=O)[O-])cc(Br)c2O)C1=O. The lowest BCUT2D eigenvalue weighted by molar-refractivity contribution is -0.385. The number of nitro groups is 1. The number of phenols is 1. The molecule has 0 atom stereocenters. The van der Waals surface area contributed by atoms with Crippen molar-refractivity contribution in [2.75, 3.05) is 20.3 Å². The molecule has 0 aromatic heterocycles. The van der Waals surface area contributed by atoms with Crippen molar-refractivity contribution in [3.8, 4) is 5.75 Å². The van der Waals surface area contributed by atoms with Crippen LogP contribution >= 0.6 is 27.7 Å². The van der Waals surface area contributed by atoms with E-state index in [1.165, 1.54) is 13.2 Å². The van der Waals surface area contributed by atoms with Crippen molar-refractivity contribution in [2.24, 2.45) is 0 Å². The molecule has 0 saturated carbocycles. The molecule has 0 radical (unpaired) electrons. The number of non-ortho nitro benzene ring substituents is 1. The van der Waals surface area contributed by atoms with Gasteiger partial charge in [-0.3, -0.25) is 24.6 Å². The summed E-state index contributed by atoms with van der Waals surface area (Å²) in [5, 5.41) is 20.4. The number of carbonyl (C=O) groups is 2. The number of phenolic OH excluding ortho intramolecular Hbond substituents is 1. The van der Waals surface area contributed by atoms with Gasteiger partial charge in [-0.25, -0.2) is 0 Å². The zero-order valence-corrected chi connectivity index (χ0v) is 14.2. The molecule has 0 unspecified atom stereocenters. The van der Waals surface area contributed by atoms with Crippen LogP contribution in [-0.2, 0) is 9.53 Å². The average molecular weight is 403 g/mol. The lowest BCUT2D eigenvalue weighted by atomic mass is 10.1. The first-order valence-electron chi connectivity index (χ1n) is 6.26. The fourth-order valence-corrected chi connectivity index (χ4v) is 3.16. The van der Waals surface area contributed by atoms with Crippen LogP contribution in [0.25, 0.3) is 6.08 Å². The summed E-state index contributed by atoms with van der Waals surface area (Å²) >= 11 is 3.72. The van der Waals surface area contributed by atoms with E-state index in [4.69, 9.17) is 4.74 Å². The summed E-state index contributed by atoms with van der Waals surface area (Å²) in [5.41, 5.74) is -0.178. The Bertz CT molecular complexity index is 721. The van der Waals surface area contributed by atoms with Crippen molar-refractivity contribution in [1.82, 2.24) is 4.90 Å². The number of ether oxygens (including phenoxy) is 1. The van der Waals surface area contributed by atoms with E-state index in [2.05, 4.69) is 15.9 Å². The second-order valence-electron chi connectivity index (χ2n) is 4.45. The highest BCUT2D eigenvalue weighted by atomic mass is 79.9. The van der Waals surface area contributed by atoms with Gasteiger partial charge in [0.05, 0.1) is 27.5 Å². The number of aromatic hydroxyl groups is 1. The highest BCUT2D eigenvalue weighted by Gasteiger charge is 2.35. The number of halogens is 1. The number of nitrogens with zero attached hydrogens (tertiary/aromatic N) is 2. The van der Waals surface area contributed by atoms with Crippen molar-refractivity contribution in [3.63, 3.8) is 0 Å². The van der Waals surface area contributed by atoms with Crippen molar-refractivity contribution >= 4 is 50.6 Å². The van der Waals surface area contributed by atoms with Crippen LogP contribution in [0.2, 0.25) is 0 Å². The average Bonchev–Trinajstić information content (AvgIpc) is 2.75. The van der Waals surface area contributed by atoms with E-state index < -0.39 is 16.1 Å². The molecule has 1 aromatic rings. The fourth-order valence-electron chi connectivity index (χ4n) is 1.84. The van der Waals surface area contributed by atoms with Gasteiger partial charge in [0.15, 0.2) is 0 Å². The Morgan fingerprint density at radius 2 is 2.17 bits per heavy atom. The molecule has 1 N–H and O–H groups in total. The summed E-state index contributed by atoms with van der Waals surface area (Å²) in [4.78, 5) is 35.3. The molecular formula is C13H11BrN2O6S. The van der Waals surface area contributed by atoms with Crippen LogP contribution in [0.15, 0.2) is 21.5 Å². The fraction of sp³-hybridized carbons (Fsp3) is 0.231. The highest BCUT2D eigenvalue weighted by molar-refractivity contribution is 9.10. The standard InChI is InChI=1S/C13H11BrN2O6S/c1-22-3-2-15-12(18)10(23-13(15)19)5-7-4-8(16(20)21)6-9(14)11(7)17/h4-6,17H,2-3H2,1H3/b10-5+. The zero-order valence-electron chi connectivity index (χ0n) is 11.8. The predicted molar refractivity (Wildman–Crippen MR) is 87.0 cm³/mol. The molecule has 23 heavy (non-hydrogen) atoms. The largest absolute Gasteiger partial charge is 0.506 e. The first-order chi connectivity index (χ1) is 10.8. The van der Waals surface area contributed by atoms with Crippen molar-refractivity contribution in [1.29, 1.82) is 0 Å². The van der Waals surface area contributed by atoms with Gasteiger partial charge in [0.25, 0.3) is 16.8 Å². The van der Waals surface area contributed by atoms with Gasteiger partial charge in [-0.05, 0) is 33.8 Å². The van der Waals surface area contributed by atoms with E-state index in [1.807, 2.05) is 0 Å². The Kier molecular flexibility index (Phi) is 5.39. The van der Waals surface area contributed by atoms with Crippen molar-refractivity contribution in [2.45, 2.75) is 0 Å². The molecule has 122 valence electrons. The molecule has 0 spiro atoms. The first kappa shape index (κ1) is 17.4. The molecule has 1 aliphatic rings. The lowest BCUT2D eigenvalue weighted by Crippen LogP contribution is -2.31. The van der Waals surface area contributed by atoms with Crippen LogP contribution in [0.1, 0.15) is 5.56 Å². The molecule has 1 fully saturated rings. The molecular weight excluding hydrogens is 392 g/mol. The Morgan fingerprint density at radius 1 is 1.48 bits per heavy atom. The summed E-state index contributed by atoms with van der Waals surface area (Å²) in [6, 6.07) is 2.28. The van der Waals surface area contributed by atoms with E-state index in [1.54, 1.807) is 0 Å². The lowest BCUT2D eigenvalue weighted by Gasteiger charge is -2.10. The van der Waals surface area contributed by atoms with E-state index in [-0.39, 0.29) is 39.5 Å². The second kappa shape index (κ2) is 7.11. The number of carbonyl (C=O) groups excluding carboxylic acids is 2. The van der Waals surface area contributed by atoms with Gasteiger partial charge in [-0.2, -0.15) is 0 Å². The van der Waals surface area contributed by atoms with Crippen molar-refractivity contribution in [3.05, 3.63) is 37.2 Å². The van der Waals surface area contributed by atoms with E-state index >= 15 is 0 Å². The van der Waals surface area contributed by atoms with Crippen LogP contribution in [0.3, 0.4) is 0 Å². The predicted octanol–water partition coefficient (Wildman–Crippen LogP) is 2.75. The number of amides is 2. The minimum Gasteiger partial charge on any atom is -0.506 e. The van der Waals surface area contributed by atoms with Gasteiger partial charge in [-0.1, -0.05) is 0 Å². The summed E-state index contributed by atoms with van der Waals surface area (Å²) in [7, 11) is 1.45. The maximum absolute atomic E-state index is 12.2. The molecule has 10 heteroatoms. The summed E-state index contributed by atoms with van der Waals surface area (Å²) in [6.45, 7) is 0.321. The van der Waals surface area contributed by atoms with Gasteiger partial charge in [0.2, 0.25) is 0 Å². The number of methoxy groups -OCH3 is 1. The smallest absolute Gasteiger partial charge is 0.293 e. The normalized spacial score (nSPS) is 16.4. The molecule has 1 aliphatic heterocycles. The number of hydrogen-bond donors (Lipinski definition) is 1. The van der Waals surface area contributed by atoms with Crippen molar-refractivity contribution < 1.29 is 24.4 Å². The van der Waals surface area contributed by atoms with E-state index in [0.29, 0.717) is 11.8 Å². The number of nitro benzene ring substituents is 1. The van der Waals surface area contributed by atoms with Crippen LogP contribution in [0.5, 0.6) is 5.75 Å². The molecule has 1 heterocycles. The van der Waals surface area contributed by atoms with Gasteiger partial charge in [0.1, 0.15) is 5.75 Å². The molecule has 2 amide bonds. The van der Waals surface area contributed by atoms with Crippen LogP contribution in [-0.4, -0.2) is 46.3 Å². The summed E-state index contributed by atoms with van der Waals surface area (Å²) in [6.07, 6.45) is 1.25. The molecule has 8 nitrogen and oxygen atoms in total. The quantitative estimate of drug-likeness (QED) is 0.457. The topological polar surface area (TPSA) is 110 Å². The van der Waals surface area contributed by atoms with Gasteiger partial charge in [-0.15, -0.1) is 0 Å². The minimum absolute atomic E-state index is 0.0725. The zero-order chi connectivity index (χ0) is 17.1. The first-order valence-corrected chi connectivity index (χ1v) is 7.87. The van der Waals surface area contributed by atoms with Gasteiger partial charge >= 0.3 is 0 Å². The molecule has 1 saturated heterocycles. The Labute approximate surface area is 143 Å². The minimum atomic E-state index is -0.619. The number of thioether (sulfide) groups is 1. The van der Waals surface area contributed by atoms with Crippen LogP contribution in [0.4, 0.5) is 10.5 Å². The Morgan fingerprint density at radius 3 is 2.78 bits per heavy atom. The molecule has 0 aliphatic carbocycles. The van der Waals surface area contributed by atoms with Gasteiger partial charge < -0.3 is 9.84 Å². The maximum Gasteiger partial charge on any atom is 0.293 e. The van der Waals surface area contributed by atoms with E-state index in [9.17, 15) is 24.8 Å². The molecule has 0 bridgehead atoms. The number of rotatable bonds is 5. The molecule has 1 aromatic carbocycles. The Hall–Kier alpha value is -1.91. The highest BCUT2D eigenvalue weighted by Crippen LogP contribution is 2.37. The summed E-state index contributed by atoms with van der Waals surface area (Å²) in [5.74, 6) is -0.779. The maximum atomic E-state index is 12.2. The summed E-state index contributed by atoms with van der Waals surface area (Å²) < 4.78 is 4.96. The molecule has 2 rings (SSSR count). The number of imide groups is 1. The monoisotopic (exact) mass is 402 g/mol. The van der Waals surface area contributed by atoms with Crippen LogP contribution < -0.4 is 0 Å². The second-order valence-corrected chi connectivity index (χ2v) is 6.30. The third-order valence-corrected chi connectivity index (χ3v) is 4.48. The van der Waals surface area contributed by atoms with Gasteiger partial charge in [0, 0.05) is 24.8 Å². The van der Waals surface area contributed by atoms with E-state index in [0.717, 1.165) is 17.0 Å². The Balaban J connectivity index is 2.37.